The summed E-state index contributed by atoms with van der Waals surface area (Å²) in [6, 6.07) is 12.4. The molecule has 32 heavy (non-hydrogen) atoms. The second kappa shape index (κ2) is 8.11. The maximum Gasteiger partial charge on any atom is 0.290 e. The number of Topliss-reactive ketones (excluding diaryl/α,β-unsaturated/α-hetero) is 1. The fourth-order valence-corrected chi connectivity index (χ4v) is 4.72. The number of phenolic OH excluding ortho intramolecular Hbond substituents is 1. The van der Waals surface area contributed by atoms with Gasteiger partial charge in [-0.3, -0.25) is 9.59 Å². The molecule has 0 saturated carbocycles. The van der Waals surface area contributed by atoms with Crippen LogP contribution in [0.15, 0.2) is 68.8 Å². The number of aromatic hydroxyl groups is 1. The van der Waals surface area contributed by atoms with Crippen LogP contribution in [-0.4, -0.2) is 46.1 Å². The van der Waals surface area contributed by atoms with Gasteiger partial charge in [0.25, 0.3) is 5.91 Å². The van der Waals surface area contributed by atoms with Gasteiger partial charge in [-0.15, -0.1) is 0 Å². The largest absolute Gasteiger partial charge is 0.508 e. The molecule has 0 radical (unpaired) electrons. The minimum atomic E-state index is -0.820. The Labute approximate surface area is 192 Å². The molecule has 0 spiro atoms. The van der Waals surface area contributed by atoms with E-state index in [0.717, 1.165) is 22.7 Å². The minimum Gasteiger partial charge on any atom is -0.508 e. The predicted octanol–water partition coefficient (Wildman–Crippen LogP) is 4.66. The van der Waals surface area contributed by atoms with E-state index in [-0.39, 0.29) is 29.7 Å². The number of hydrogen-bond acceptors (Lipinski definition) is 6. The van der Waals surface area contributed by atoms with Crippen LogP contribution in [0, 0.1) is 0 Å². The normalized spacial score (nSPS) is 21.2. The summed E-state index contributed by atoms with van der Waals surface area (Å²) in [4.78, 5) is 28.0. The van der Waals surface area contributed by atoms with E-state index >= 15 is 0 Å². The third-order valence-corrected chi connectivity index (χ3v) is 6.38. The van der Waals surface area contributed by atoms with Gasteiger partial charge >= 0.3 is 0 Å². The lowest BCUT2D eigenvalue weighted by Crippen LogP contribution is -2.37. The Morgan fingerprint density at radius 3 is 2.62 bits per heavy atom. The van der Waals surface area contributed by atoms with E-state index in [9.17, 15) is 19.8 Å². The average Bonchev–Trinajstić information content (AvgIpc) is 3.49. The van der Waals surface area contributed by atoms with Gasteiger partial charge in [-0.2, -0.15) is 0 Å². The lowest BCUT2D eigenvalue weighted by molar-refractivity contribution is -0.131. The van der Waals surface area contributed by atoms with E-state index in [0.29, 0.717) is 17.8 Å². The van der Waals surface area contributed by atoms with Gasteiger partial charge in [0, 0.05) is 23.0 Å². The van der Waals surface area contributed by atoms with E-state index in [1.807, 2.05) is 6.07 Å². The van der Waals surface area contributed by atoms with E-state index < -0.39 is 23.5 Å². The number of furan rings is 1. The highest BCUT2D eigenvalue weighted by Gasteiger charge is 2.45. The molecule has 1 amide bonds. The van der Waals surface area contributed by atoms with Crippen LogP contribution in [0.2, 0.25) is 0 Å². The highest BCUT2D eigenvalue weighted by Crippen LogP contribution is 2.40. The Morgan fingerprint density at radius 2 is 1.91 bits per heavy atom. The number of carbonyl (C=O) groups excluding carboxylic acids is 2. The van der Waals surface area contributed by atoms with Crippen LogP contribution in [-0.2, 0) is 9.53 Å². The van der Waals surface area contributed by atoms with Crippen molar-refractivity contribution >= 4 is 38.6 Å². The number of rotatable bonds is 5. The first kappa shape index (κ1) is 20.8. The molecule has 2 unspecified atom stereocenters. The van der Waals surface area contributed by atoms with Crippen molar-refractivity contribution in [2.24, 2.45) is 0 Å². The monoisotopic (exact) mass is 497 g/mol. The van der Waals surface area contributed by atoms with Crippen LogP contribution in [0.1, 0.15) is 35.0 Å². The molecule has 164 valence electrons. The lowest BCUT2D eigenvalue weighted by Gasteiger charge is -2.28. The molecule has 1 saturated heterocycles. The maximum absolute atomic E-state index is 13.5. The zero-order valence-corrected chi connectivity index (χ0v) is 18.5. The number of aliphatic hydroxyl groups is 1. The van der Waals surface area contributed by atoms with Gasteiger partial charge in [0.15, 0.2) is 11.5 Å². The lowest BCUT2D eigenvalue weighted by atomic mass is 9.94. The van der Waals surface area contributed by atoms with E-state index in [4.69, 9.17) is 9.15 Å². The van der Waals surface area contributed by atoms with Crippen LogP contribution in [0.25, 0.3) is 11.0 Å². The van der Waals surface area contributed by atoms with Gasteiger partial charge in [-0.25, -0.2) is 0 Å². The molecule has 1 aromatic heterocycles. The molecule has 5 rings (SSSR count). The standard InChI is InChI=1S/C24H20BrNO6/c25-15-5-8-18-14(10-15)11-19(32-18)22(28)20-21(13-3-6-16(27)7-4-13)26(24(30)23(20)29)12-17-2-1-9-31-17/h3-8,10-11,17,21,27,29H,1-2,9,12H2. The third kappa shape index (κ3) is 3.59. The summed E-state index contributed by atoms with van der Waals surface area (Å²) in [5, 5.41) is 21.2. The van der Waals surface area contributed by atoms with Crippen LogP contribution >= 0.6 is 15.9 Å². The molecule has 2 atom stereocenters. The Morgan fingerprint density at radius 1 is 1.12 bits per heavy atom. The Bertz CT molecular complexity index is 1240. The van der Waals surface area contributed by atoms with Crippen LogP contribution < -0.4 is 0 Å². The molecule has 7 nitrogen and oxygen atoms in total. The van der Waals surface area contributed by atoms with Crippen molar-refractivity contribution in [1.82, 2.24) is 4.90 Å². The molecule has 2 aliphatic rings. The highest BCUT2D eigenvalue weighted by atomic mass is 79.9. The number of halogens is 1. The number of benzene rings is 2. The van der Waals surface area contributed by atoms with Crippen LogP contribution in [0.4, 0.5) is 0 Å². The van der Waals surface area contributed by atoms with Gasteiger partial charge in [0.05, 0.1) is 17.7 Å². The number of hydrogen-bond donors (Lipinski definition) is 2. The molecule has 3 aromatic rings. The molecule has 2 aliphatic heterocycles. The van der Waals surface area contributed by atoms with Gasteiger partial charge in [0.2, 0.25) is 5.78 Å². The number of carbonyl (C=O) groups is 2. The fourth-order valence-electron chi connectivity index (χ4n) is 4.34. The SMILES string of the molecule is O=C(C1=C(O)C(=O)N(CC2CCCO2)C1c1ccc(O)cc1)c1cc2cc(Br)ccc2o1. The van der Waals surface area contributed by atoms with Gasteiger partial charge in [-0.1, -0.05) is 28.1 Å². The molecule has 8 heteroatoms. The minimum absolute atomic E-state index is 0.0372. The summed E-state index contributed by atoms with van der Waals surface area (Å²) >= 11 is 3.40. The van der Waals surface area contributed by atoms with Crippen molar-refractivity contribution < 1.29 is 29.0 Å². The first-order valence-corrected chi connectivity index (χ1v) is 11.1. The zero-order valence-electron chi connectivity index (χ0n) is 17.0. The summed E-state index contributed by atoms with van der Waals surface area (Å²) in [6.45, 7) is 0.870. The second-order valence-corrected chi connectivity index (χ2v) is 8.89. The second-order valence-electron chi connectivity index (χ2n) is 7.97. The molecule has 0 bridgehead atoms. The van der Waals surface area contributed by atoms with E-state index in [1.54, 1.807) is 30.3 Å². The van der Waals surface area contributed by atoms with Crippen molar-refractivity contribution in [1.29, 1.82) is 0 Å². The highest BCUT2D eigenvalue weighted by molar-refractivity contribution is 9.10. The van der Waals surface area contributed by atoms with Crippen molar-refractivity contribution in [3.8, 4) is 5.75 Å². The molecule has 2 N–H and O–H groups in total. The number of amides is 1. The molecule has 3 heterocycles. The first-order valence-electron chi connectivity index (χ1n) is 10.3. The maximum atomic E-state index is 13.5. The molecule has 2 aromatic carbocycles. The summed E-state index contributed by atoms with van der Waals surface area (Å²) < 4.78 is 12.3. The molecular weight excluding hydrogens is 478 g/mol. The molecule has 1 fully saturated rings. The summed E-state index contributed by atoms with van der Waals surface area (Å²) in [7, 11) is 0. The smallest absolute Gasteiger partial charge is 0.290 e. The van der Waals surface area contributed by atoms with Crippen LogP contribution in [0.3, 0.4) is 0 Å². The summed E-state index contributed by atoms with van der Waals surface area (Å²) in [5.41, 5.74) is 1.08. The Hall–Kier alpha value is -3.10. The Kier molecular flexibility index (Phi) is 5.27. The number of nitrogens with zero attached hydrogens (tertiary/aromatic N) is 1. The number of ketones is 1. The number of phenols is 1. The van der Waals surface area contributed by atoms with Gasteiger partial charge in [0.1, 0.15) is 11.3 Å². The van der Waals surface area contributed by atoms with Crippen molar-refractivity contribution in [3.63, 3.8) is 0 Å². The van der Waals surface area contributed by atoms with E-state index in [2.05, 4.69) is 15.9 Å². The zero-order chi connectivity index (χ0) is 22.4. The fraction of sp³-hybridized carbons (Fsp3) is 0.250. The number of ether oxygens (including phenoxy) is 1. The van der Waals surface area contributed by atoms with Gasteiger partial charge in [-0.05, 0) is 54.8 Å². The number of fused-ring (bicyclic) bond motifs is 1. The van der Waals surface area contributed by atoms with Crippen molar-refractivity contribution in [2.75, 3.05) is 13.2 Å². The quantitative estimate of drug-likeness (QED) is 0.497. The van der Waals surface area contributed by atoms with E-state index in [1.165, 1.54) is 17.0 Å². The van der Waals surface area contributed by atoms with Crippen LogP contribution in [0.5, 0.6) is 5.75 Å². The summed E-state index contributed by atoms with van der Waals surface area (Å²) in [5.74, 6) is -1.67. The molecular formula is C24H20BrNO6. The average molecular weight is 498 g/mol. The molecule has 0 aliphatic carbocycles. The first-order chi connectivity index (χ1) is 15.4. The third-order valence-electron chi connectivity index (χ3n) is 5.88. The van der Waals surface area contributed by atoms with Gasteiger partial charge < -0.3 is 24.3 Å². The summed E-state index contributed by atoms with van der Waals surface area (Å²) in [6.07, 6.45) is 1.54. The Balaban J connectivity index is 1.57. The van der Waals surface area contributed by atoms with Crippen molar-refractivity contribution in [2.45, 2.75) is 25.0 Å². The number of aliphatic hydroxyl groups excluding tert-OH is 1. The predicted molar refractivity (Wildman–Crippen MR) is 119 cm³/mol. The topological polar surface area (TPSA) is 100 Å². The van der Waals surface area contributed by atoms with Crippen molar-refractivity contribution in [3.05, 3.63) is 75.7 Å².